The quantitative estimate of drug-likeness (QED) is 0.207. The van der Waals surface area contributed by atoms with E-state index in [2.05, 4.69) is 5.32 Å². The van der Waals surface area contributed by atoms with Gasteiger partial charge in [0.2, 0.25) is 5.91 Å². The standard InChI is InChI=1S/C35H34N2O7S/c1-21(38)25-20-45-32-27(36-30(39)26(22-14-8-5-9-15-22)33(41)44-35(2,3)4)31(40)37(32)28(25)34(42)43-29(23-16-10-6-11-17-23)24-18-12-7-13-19-24/h5-19,26-27,29,32H,20H2,1-4H3,(H,36,39)/t26?,27?,32-/m1/s1. The van der Waals surface area contributed by atoms with E-state index in [4.69, 9.17) is 9.47 Å². The second-order valence-electron chi connectivity index (χ2n) is 11.8. The van der Waals surface area contributed by atoms with Crippen LogP contribution in [0.4, 0.5) is 0 Å². The Morgan fingerprint density at radius 2 is 1.36 bits per heavy atom. The number of amides is 2. The average Bonchev–Trinajstić information content (AvgIpc) is 3.02. The zero-order valence-electron chi connectivity index (χ0n) is 25.4. The Bertz CT molecular complexity index is 1600. The van der Waals surface area contributed by atoms with E-state index in [1.165, 1.54) is 23.6 Å². The highest BCUT2D eigenvalue weighted by molar-refractivity contribution is 8.00. The summed E-state index contributed by atoms with van der Waals surface area (Å²) < 4.78 is 11.6. The first kappa shape index (κ1) is 31.7. The number of esters is 2. The van der Waals surface area contributed by atoms with E-state index in [9.17, 15) is 24.0 Å². The number of hydrogen-bond donors (Lipinski definition) is 1. The fourth-order valence-electron chi connectivity index (χ4n) is 5.26. The molecule has 2 unspecified atom stereocenters. The van der Waals surface area contributed by atoms with E-state index in [1.54, 1.807) is 51.1 Å². The van der Waals surface area contributed by atoms with Gasteiger partial charge in [-0.1, -0.05) is 91.0 Å². The number of hydrogen-bond acceptors (Lipinski definition) is 8. The molecule has 0 spiro atoms. The lowest BCUT2D eigenvalue weighted by atomic mass is 9.95. The second kappa shape index (κ2) is 13.1. The minimum absolute atomic E-state index is 0.134. The van der Waals surface area contributed by atoms with Crippen molar-refractivity contribution in [3.05, 3.63) is 119 Å². The van der Waals surface area contributed by atoms with Gasteiger partial charge in [-0.25, -0.2) is 4.79 Å². The van der Waals surface area contributed by atoms with Crippen molar-refractivity contribution < 1.29 is 33.4 Å². The van der Waals surface area contributed by atoms with Gasteiger partial charge < -0.3 is 14.8 Å². The number of thioether (sulfide) groups is 1. The Labute approximate surface area is 266 Å². The molecule has 2 heterocycles. The number of rotatable bonds is 9. The van der Waals surface area contributed by atoms with Gasteiger partial charge in [-0.15, -0.1) is 11.8 Å². The van der Waals surface area contributed by atoms with Gasteiger partial charge in [0.25, 0.3) is 5.91 Å². The molecule has 1 saturated heterocycles. The van der Waals surface area contributed by atoms with Gasteiger partial charge in [0.15, 0.2) is 17.8 Å². The van der Waals surface area contributed by atoms with E-state index in [0.29, 0.717) is 5.56 Å². The number of nitrogens with one attached hydrogen (secondary N) is 1. The van der Waals surface area contributed by atoms with Gasteiger partial charge in [0.1, 0.15) is 22.7 Å². The van der Waals surface area contributed by atoms with Crippen LogP contribution in [0.5, 0.6) is 0 Å². The molecule has 3 aromatic rings. The molecule has 3 atom stereocenters. The molecule has 0 radical (unpaired) electrons. The molecular weight excluding hydrogens is 592 g/mol. The molecule has 45 heavy (non-hydrogen) atoms. The molecule has 3 aromatic carbocycles. The van der Waals surface area contributed by atoms with Crippen LogP contribution in [0.15, 0.2) is 102 Å². The van der Waals surface area contributed by atoms with Crippen LogP contribution < -0.4 is 5.32 Å². The van der Waals surface area contributed by atoms with Crippen molar-refractivity contribution in [3.8, 4) is 0 Å². The number of ketones is 1. The minimum atomic E-state index is -1.31. The van der Waals surface area contributed by atoms with Crippen molar-refractivity contribution in [1.82, 2.24) is 10.2 Å². The molecular formula is C35H34N2O7S. The van der Waals surface area contributed by atoms with Gasteiger partial charge in [-0.3, -0.25) is 24.1 Å². The lowest BCUT2D eigenvalue weighted by Crippen LogP contribution is -2.71. The third kappa shape index (κ3) is 6.86. The lowest BCUT2D eigenvalue weighted by molar-refractivity contribution is -0.160. The molecule has 0 bridgehead atoms. The van der Waals surface area contributed by atoms with Gasteiger partial charge in [0.05, 0.1) is 0 Å². The Hall–Kier alpha value is -4.70. The summed E-state index contributed by atoms with van der Waals surface area (Å²) in [6.07, 6.45) is -0.791. The van der Waals surface area contributed by atoms with Crippen LogP contribution in [0.2, 0.25) is 0 Å². The van der Waals surface area contributed by atoms with E-state index < -0.39 is 52.8 Å². The third-order valence-electron chi connectivity index (χ3n) is 7.35. The normalized spacial score (nSPS) is 18.4. The summed E-state index contributed by atoms with van der Waals surface area (Å²) in [5, 5.41) is 2.03. The van der Waals surface area contributed by atoms with E-state index in [0.717, 1.165) is 11.1 Å². The zero-order chi connectivity index (χ0) is 32.3. The minimum Gasteiger partial charge on any atom is -0.459 e. The molecule has 0 saturated carbocycles. The summed E-state index contributed by atoms with van der Waals surface area (Å²) in [6, 6.07) is 25.8. The maximum absolute atomic E-state index is 13.9. The molecule has 10 heteroatoms. The summed E-state index contributed by atoms with van der Waals surface area (Å²) in [5.41, 5.74) is 1.05. The van der Waals surface area contributed by atoms with Crippen molar-refractivity contribution >= 4 is 41.3 Å². The van der Waals surface area contributed by atoms with Crippen molar-refractivity contribution in [2.24, 2.45) is 0 Å². The number of β-lactam (4-membered cyclic amide) rings is 1. The number of fused-ring (bicyclic) bond motifs is 1. The van der Waals surface area contributed by atoms with Crippen molar-refractivity contribution in [2.75, 3.05) is 5.75 Å². The number of benzene rings is 3. The molecule has 0 aliphatic carbocycles. The molecule has 2 aliphatic heterocycles. The van der Waals surface area contributed by atoms with Gasteiger partial charge in [0, 0.05) is 11.3 Å². The SMILES string of the molecule is CC(=O)C1=C(C(=O)OC(c2ccccc2)c2ccccc2)N2C(=O)C(NC(=O)C(C(=O)OC(C)(C)C)c3ccccc3)[C@H]2SC1. The highest BCUT2D eigenvalue weighted by atomic mass is 32.2. The van der Waals surface area contributed by atoms with E-state index in [-0.39, 0.29) is 22.8 Å². The molecule has 0 aromatic heterocycles. The van der Waals surface area contributed by atoms with Crippen molar-refractivity contribution in [3.63, 3.8) is 0 Å². The first-order valence-electron chi connectivity index (χ1n) is 14.5. The van der Waals surface area contributed by atoms with Gasteiger partial charge in [-0.2, -0.15) is 0 Å². The largest absolute Gasteiger partial charge is 0.459 e. The first-order chi connectivity index (χ1) is 21.5. The summed E-state index contributed by atoms with van der Waals surface area (Å²) >= 11 is 1.25. The smallest absolute Gasteiger partial charge is 0.356 e. The summed E-state index contributed by atoms with van der Waals surface area (Å²) in [7, 11) is 0. The summed E-state index contributed by atoms with van der Waals surface area (Å²) in [6.45, 7) is 6.45. The van der Waals surface area contributed by atoms with E-state index >= 15 is 0 Å². The number of ether oxygens (including phenoxy) is 2. The molecule has 9 nitrogen and oxygen atoms in total. The number of nitrogens with zero attached hydrogens (tertiary/aromatic N) is 1. The van der Waals surface area contributed by atoms with Crippen LogP contribution in [-0.4, -0.2) is 57.2 Å². The molecule has 1 N–H and O–H groups in total. The third-order valence-corrected chi connectivity index (χ3v) is 8.63. The maximum atomic E-state index is 13.9. The maximum Gasteiger partial charge on any atom is 0.356 e. The Kier molecular flexibility index (Phi) is 9.24. The monoisotopic (exact) mass is 626 g/mol. The Morgan fingerprint density at radius 1 is 0.844 bits per heavy atom. The predicted molar refractivity (Wildman–Crippen MR) is 169 cm³/mol. The van der Waals surface area contributed by atoms with Crippen LogP contribution in [-0.2, 0) is 33.4 Å². The zero-order valence-corrected chi connectivity index (χ0v) is 26.2. The second-order valence-corrected chi connectivity index (χ2v) is 12.9. The fourth-order valence-corrected chi connectivity index (χ4v) is 6.67. The van der Waals surface area contributed by atoms with Crippen LogP contribution in [0.1, 0.15) is 56.4 Å². The Morgan fingerprint density at radius 3 is 1.84 bits per heavy atom. The Balaban J connectivity index is 1.40. The van der Waals surface area contributed by atoms with Crippen LogP contribution in [0, 0.1) is 0 Å². The predicted octanol–water partition coefficient (Wildman–Crippen LogP) is 4.69. The topological polar surface area (TPSA) is 119 Å². The van der Waals surface area contributed by atoms with E-state index in [1.807, 2.05) is 60.7 Å². The lowest BCUT2D eigenvalue weighted by Gasteiger charge is -2.49. The van der Waals surface area contributed by atoms with Gasteiger partial charge in [-0.05, 0) is 44.4 Å². The average molecular weight is 627 g/mol. The number of carbonyl (C=O) groups excluding carboxylic acids is 5. The summed E-state index contributed by atoms with van der Waals surface area (Å²) in [4.78, 5) is 68.1. The van der Waals surface area contributed by atoms with Crippen LogP contribution in [0.3, 0.4) is 0 Å². The first-order valence-corrected chi connectivity index (χ1v) is 15.6. The molecule has 2 aliphatic rings. The van der Waals surface area contributed by atoms with Crippen molar-refractivity contribution in [2.45, 2.75) is 56.7 Å². The molecule has 232 valence electrons. The van der Waals surface area contributed by atoms with Crippen LogP contribution >= 0.6 is 11.8 Å². The number of Topliss-reactive ketones (excluding diaryl/α,β-unsaturated/α-hetero) is 1. The highest BCUT2D eigenvalue weighted by Gasteiger charge is 2.55. The number of carbonyl (C=O) groups is 5. The molecule has 2 amide bonds. The molecule has 5 rings (SSSR count). The summed E-state index contributed by atoms with van der Waals surface area (Å²) in [5.74, 6) is -4.40. The fraction of sp³-hybridized carbons (Fsp3) is 0.286. The van der Waals surface area contributed by atoms with Crippen LogP contribution in [0.25, 0.3) is 0 Å². The highest BCUT2D eigenvalue weighted by Crippen LogP contribution is 2.42. The molecule has 1 fully saturated rings. The van der Waals surface area contributed by atoms with Gasteiger partial charge >= 0.3 is 11.9 Å². The van der Waals surface area contributed by atoms with Crippen molar-refractivity contribution in [1.29, 1.82) is 0 Å².